The SMILES string of the molecule is CC(C)(c1ccc([N+](=O)[O-])cn1)C1(N)CC1. The van der Waals surface area contributed by atoms with E-state index in [-0.39, 0.29) is 16.6 Å². The summed E-state index contributed by atoms with van der Waals surface area (Å²) >= 11 is 0. The fourth-order valence-corrected chi connectivity index (χ4v) is 1.88. The van der Waals surface area contributed by atoms with Crippen LogP contribution >= 0.6 is 0 Å². The predicted molar refractivity (Wildman–Crippen MR) is 60.1 cm³/mol. The van der Waals surface area contributed by atoms with Gasteiger partial charge in [0.1, 0.15) is 6.20 Å². The third kappa shape index (κ3) is 1.57. The molecule has 86 valence electrons. The predicted octanol–water partition coefficient (Wildman–Crippen LogP) is 1.76. The molecule has 0 spiro atoms. The lowest BCUT2D eigenvalue weighted by Crippen LogP contribution is -2.43. The van der Waals surface area contributed by atoms with E-state index in [0.29, 0.717) is 0 Å². The minimum atomic E-state index is -0.445. The van der Waals surface area contributed by atoms with Crippen molar-refractivity contribution >= 4 is 5.69 Å². The Hall–Kier alpha value is -1.49. The molecule has 0 saturated heterocycles. The number of nitro groups is 1. The van der Waals surface area contributed by atoms with Crippen molar-refractivity contribution in [3.8, 4) is 0 Å². The van der Waals surface area contributed by atoms with Gasteiger partial charge in [-0.25, -0.2) is 0 Å². The number of pyridine rings is 1. The second-order valence-electron chi connectivity index (χ2n) is 4.94. The number of hydrogen-bond donors (Lipinski definition) is 1. The molecule has 1 aliphatic carbocycles. The normalized spacial score (nSPS) is 18.2. The highest BCUT2D eigenvalue weighted by molar-refractivity contribution is 5.33. The number of nitrogens with zero attached hydrogens (tertiary/aromatic N) is 2. The van der Waals surface area contributed by atoms with Crippen molar-refractivity contribution < 1.29 is 4.92 Å². The van der Waals surface area contributed by atoms with E-state index < -0.39 is 4.92 Å². The minimum absolute atomic E-state index is 0.0152. The van der Waals surface area contributed by atoms with Gasteiger partial charge in [-0.15, -0.1) is 0 Å². The van der Waals surface area contributed by atoms with Crippen molar-refractivity contribution in [3.05, 3.63) is 34.1 Å². The maximum Gasteiger partial charge on any atom is 0.287 e. The second kappa shape index (κ2) is 3.25. The maximum atomic E-state index is 10.5. The number of hydrogen-bond acceptors (Lipinski definition) is 4. The monoisotopic (exact) mass is 221 g/mol. The average Bonchev–Trinajstić information content (AvgIpc) is 2.98. The topological polar surface area (TPSA) is 82.0 Å². The Morgan fingerprint density at radius 1 is 1.50 bits per heavy atom. The molecular formula is C11H15N3O2. The lowest BCUT2D eigenvalue weighted by Gasteiger charge is -2.31. The summed E-state index contributed by atoms with van der Waals surface area (Å²) in [5, 5.41) is 10.5. The third-order valence-corrected chi connectivity index (χ3v) is 3.63. The van der Waals surface area contributed by atoms with Gasteiger partial charge in [0.2, 0.25) is 0 Å². The fraction of sp³-hybridized carbons (Fsp3) is 0.545. The van der Waals surface area contributed by atoms with Gasteiger partial charge >= 0.3 is 0 Å². The summed E-state index contributed by atoms with van der Waals surface area (Å²) in [5.74, 6) is 0. The number of aromatic nitrogens is 1. The summed E-state index contributed by atoms with van der Waals surface area (Å²) < 4.78 is 0. The zero-order valence-electron chi connectivity index (χ0n) is 9.43. The van der Waals surface area contributed by atoms with Crippen molar-refractivity contribution in [2.24, 2.45) is 5.73 Å². The quantitative estimate of drug-likeness (QED) is 0.622. The molecular weight excluding hydrogens is 206 g/mol. The third-order valence-electron chi connectivity index (χ3n) is 3.63. The van der Waals surface area contributed by atoms with E-state index in [1.807, 2.05) is 13.8 Å². The van der Waals surface area contributed by atoms with Crippen molar-refractivity contribution in [2.75, 3.05) is 0 Å². The zero-order valence-corrected chi connectivity index (χ0v) is 9.43. The van der Waals surface area contributed by atoms with Gasteiger partial charge in [0.25, 0.3) is 5.69 Å². The van der Waals surface area contributed by atoms with Crippen LogP contribution in [0, 0.1) is 10.1 Å². The maximum absolute atomic E-state index is 10.5. The van der Waals surface area contributed by atoms with Crippen molar-refractivity contribution in [1.82, 2.24) is 4.98 Å². The van der Waals surface area contributed by atoms with E-state index in [4.69, 9.17) is 5.73 Å². The molecule has 5 nitrogen and oxygen atoms in total. The van der Waals surface area contributed by atoms with Crippen LogP contribution in [0.2, 0.25) is 0 Å². The van der Waals surface area contributed by atoms with Crippen LogP contribution in [0.25, 0.3) is 0 Å². The Labute approximate surface area is 93.8 Å². The van der Waals surface area contributed by atoms with Gasteiger partial charge in [0.05, 0.1) is 4.92 Å². The van der Waals surface area contributed by atoms with Crippen LogP contribution < -0.4 is 5.73 Å². The molecule has 1 fully saturated rings. The van der Waals surface area contributed by atoms with Gasteiger partial charge in [0.15, 0.2) is 0 Å². The molecule has 2 rings (SSSR count). The molecule has 5 heteroatoms. The van der Waals surface area contributed by atoms with Crippen LogP contribution in [0.5, 0.6) is 0 Å². The van der Waals surface area contributed by atoms with Crippen LogP contribution in [-0.2, 0) is 5.41 Å². The first-order chi connectivity index (χ1) is 7.37. The van der Waals surface area contributed by atoms with Crippen LogP contribution in [0.15, 0.2) is 18.3 Å². The minimum Gasteiger partial charge on any atom is -0.324 e. The summed E-state index contributed by atoms with van der Waals surface area (Å²) in [5.41, 5.74) is 6.58. The number of rotatable bonds is 3. The molecule has 0 radical (unpaired) electrons. The lowest BCUT2D eigenvalue weighted by atomic mass is 9.79. The van der Waals surface area contributed by atoms with Gasteiger partial charge < -0.3 is 5.73 Å². The highest BCUT2D eigenvalue weighted by Crippen LogP contribution is 2.48. The molecule has 0 bridgehead atoms. The first kappa shape index (κ1) is 11.0. The first-order valence-electron chi connectivity index (χ1n) is 5.27. The highest BCUT2D eigenvalue weighted by Gasteiger charge is 2.52. The Bertz CT molecular complexity index is 421. The van der Waals surface area contributed by atoms with Crippen molar-refractivity contribution in [1.29, 1.82) is 0 Å². The zero-order chi connectivity index (χ0) is 12.0. The summed E-state index contributed by atoms with van der Waals surface area (Å²) in [6, 6.07) is 3.18. The van der Waals surface area contributed by atoms with E-state index in [1.165, 1.54) is 12.3 Å². The molecule has 0 aliphatic heterocycles. The Morgan fingerprint density at radius 3 is 2.50 bits per heavy atom. The summed E-state index contributed by atoms with van der Waals surface area (Å²) in [6.07, 6.45) is 3.26. The second-order valence-corrected chi connectivity index (χ2v) is 4.94. The molecule has 0 amide bonds. The number of nitrogens with two attached hydrogens (primary N) is 1. The summed E-state index contributed by atoms with van der Waals surface area (Å²) in [4.78, 5) is 14.2. The van der Waals surface area contributed by atoms with E-state index in [0.717, 1.165) is 18.5 Å². The molecule has 1 heterocycles. The van der Waals surface area contributed by atoms with Crippen LogP contribution in [0.1, 0.15) is 32.4 Å². The Kier molecular flexibility index (Phi) is 2.24. The molecule has 1 aromatic heterocycles. The molecule has 1 aliphatic rings. The average molecular weight is 221 g/mol. The van der Waals surface area contributed by atoms with E-state index in [1.54, 1.807) is 6.07 Å². The highest BCUT2D eigenvalue weighted by atomic mass is 16.6. The smallest absolute Gasteiger partial charge is 0.287 e. The molecule has 2 N–H and O–H groups in total. The Morgan fingerprint density at radius 2 is 2.12 bits per heavy atom. The van der Waals surface area contributed by atoms with Gasteiger partial charge in [-0.1, -0.05) is 13.8 Å². The van der Waals surface area contributed by atoms with E-state index in [2.05, 4.69) is 4.98 Å². The summed E-state index contributed by atoms with van der Waals surface area (Å²) in [6.45, 7) is 4.07. The van der Waals surface area contributed by atoms with Gasteiger partial charge in [-0.2, -0.15) is 0 Å². The van der Waals surface area contributed by atoms with Crippen LogP contribution in [-0.4, -0.2) is 15.4 Å². The van der Waals surface area contributed by atoms with Crippen LogP contribution in [0.3, 0.4) is 0 Å². The first-order valence-corrected chi connectivity index (χ1v) is 5.27. The standard InChI is InChI=1S/C11H15N3O2/c1-10(2,11(12)5-6-11)9-4-3-8(7-13-9)14(15)16/h3-4,7H,5-6,12H2,1-2H3. The van der Waals surface area contributed by atoms with E-state index in [9.17, 15) is 10.1 Å². The fourth-order valence-electron chi connectivity index (χ4n) is 1.88. The van der Waals surface area contributed by atoms with Gasteiger partial charge in [-0.05, 0) is 18.9 Å². The van der Waals surface area contributed by atoms with Crippen LogP contribution in [0.4, 0.5) is 5.69 Å². The molecule has 0 atom stereocenters. The van der Waals surface area contributed by atoms with Gasteiger partial charge in [0, 0.05) is 22.7 Å². The molecule has 1 aromatic rings. The molecule has 0 aromatic carbocycles. The summed E-state index contributed by atoms with van der Waals surface area (Å²) in [7, 11) is 0. The molecule has 0 unspecified atom stereocenters. The van der Waals surface area contributed by atoms with Crippen molar-refractivity contribution in [2.45, 2.75) is 37.6 Å². The lowest BCUT2D eigenvalue weighted by molar-refractivity contribution is -0.385. The van der Waals surface area contributed by atoms with Gasteiger partial charge in [-0.3, -0.25) is 15.1 Å². The largest absolute Gasteiger partial charge is 0.324 e. The molecule has 16 heavy (non-hydrogen) atoms. The Balaban J connectivity index is 2.31. The molecule has 1 saturated carbocycles. The van der Waals surface area contributed by atoms with Crippen molar-refractivity contribution in [3.63, 3.8) is 0 Å². The van der Waals surface area contributed by atoms with E-state index >= 15 is 0 Å².